The predicted octanol–water partition coefficient (Wildman–Crippen LogP) is 2.56. The van der Waals surface area contributed by atoms with Crippen LogP contribution in [0.5, 0.6) is 0 Å². The molecule has 1 aliphatic rings. The van der Waals surface area contributed by atoms with Gasteiger partial charge in [0.2, 0.25) is 0 Å². The molecule has 0 amide bonds. The lowest BCUT2D eigenvalue weighted by Gasteiger charge is -2.34. The van der Waals surface area contributed by atoms with Gasteiger partial charge in [0.15, 0.2) is 0 Å². The Bertz CT molecular complexity index is 168. The van der Waals surface area contributed by atoms with Crippen molar-refractivity contribution in [3.63, 3.8) is 0 Å². The number of nitrogens with one attached hydrogen (secondary N) is 1. The molecule has 3 unspecified atom stereocenters. The lowest BCUT2D eigenvalue weighted by molar-refractivity contribution is 0.199. The zero-order chi connectivity index (χ0) is 11.3. The van der Waals surface area contributed by atoms with Gasteiger partial charge in [-0.05, 0) is 31.1 Å². The van der Waals surface area contributed by atoms with Gasteiger partial charge in [-0.1, -0.05) is 33.6 Å². The summed E-state index contributed by atoms with van der Waals surface area (Å²) >= 11 is 0. The molecule has 15 heavy (non-hydrogen) atoms. The topological polar surface area (TPSA) is 32.3 Å². The molecule has 3 atom stereocenters. The Hall–Kier alpha value is -0.0800. The quantitative estimate of drug-likeness (QED) is 0.735. The highest BCUT2D eigenvalue weighted by Gasteiger charge is 2.24. The Balaban J connectivity index is 2.41. The minimum absolute atomic E-state index is 0.303. The first-order chi connectivity index (χ1) is 7.15. The van der Waals surface area contributed by atoms with Crippen LogP contribution in [0.3, 0.4) is 0 Å². The van der Waals surface area contributed by atoms with E-state index in [2.05, 4.69) is 26.1 Å². The highest BCUT2D eigenvalue weighted by molar-refractivity contribution is 4.82. The minimum atomic E-state index is 0.303. The van der Waals surface area contributed by atoms with Gasteiger partial charge in [0, 0.05) is 18.7 Å². The van der Waals surface area contributed by atoms with Gasteiger partial charge in [-0.15, -0.1) is 0 Å². The molecule has 0 aromatic rings. The van der Waals surface area contributed by atoms with Crippen LogP contribution < -0.4 is 5.32 Å². The van der Waals surface area contributed by atoms with Crippen molar-refractivity contribution in [3.8, 4) is 0 Å². The van der Waals surface area contributed by atoms with Crippen molar-refractivity contribution in [2.45, 2.75) is 65.0 Å². The number of hydrogen-bond donors (Lipinski definition) is 2. The fourth-order valence-corrected chi connectivity index (χ4v) is 2.59. The first-order valence-corrected chi connectivity index (χ1v) is 6.52. The van der Waals surface area contributed by atoms with Crippen molar-refractivity contribution in [3.05, 3.63) is 0 Å². The molecule has 1 aliphatic carbocycles. The second-order valence-electron chi connectivity index (χ2n) is 5.40. The van der Waals surface area contributed by atoms with Gasteiger partial charge in [-0.2, -0.15) is 0 Å². The van der Waals surface area contributed by atoms with E-state index in [1.807, 2.05) is 0 Å². The molecule has 0 aromatic heterocycles. The molecular formula is C13H27NO. The number of rotatable bonds is 5. The fraction of sp³-hybridized carbons (Fsp3) is 1.00. The number of aliphatic hydroxyl groups excluding tert-OH is 1. The molecular weight excluding hydrogens is 186 g/mol. The fourth-order valence-electron chi connectivity index (χ4n) is 2.59. The minimum Gasteiger partial charge on any atom is -0.396 e. The summed E-state index contributed by atoms with van der Waals surface area (Å²) < 4.78 is 0. The van der Waals surface area contributed by atoms with Crippen molar-refractivity contribution in [2.24, 2.45) is 11.8 Å². The van der Waals surface area contributed by atoms with Crippen LogP contribution >= 0.6 is 0 Å². The average molecular weight is 213 g/mol. The Labute approximate surface area is 94.5 Å². The van der Waals surface area contributed by atoms with Gasteiger partial charge in [0.05, 0.1) is 0 Å². The van der Waals surface area contributed by atoms with E-state index in [9.17, 15) is 0 Å². The van der Waals surface area contributed by atoms with Gasteiger partial charge < -0.3 is 10.4 Å². The van der Waals surface area contributed by atoms with Crippen LogP contribution in [0.15, 0.2) is 0 Å². The van der Waals surface area contributed by atoms with E-state index in [0.717, 1.165) is 12.3 Å². The maximum Gasteiger partial charge on any atom is 0.0445 e. The van der Waals surface area contributed by atoms with E-state index in [1.165, 1.54) is 25.7 Å². The average Bonchev–Trinajstić information content (AvgIpc) is 2.20. The largest absolute Gasteiger partial charge is 0.396 e. The molecule has 0 spiro atoms. The number of hydrogen-bond acceptors (Lipinski definition) is 2. The van der Waals surface area contributed by atoms with Crippen LogP contribution in [-0.4, -0.2) is 23.8 Å². The summed E-state index contributed by atoms with van der Waals surface area (Å²) in [5.74, 6) is 1.42. The summed E-state index contributed by atoms with van der Waals surface area (Å²) in [6.07, 6.45) is 6.33. The third-order valence-corrected chi connectivity index (χ3v) is 3.78. The summed E-state index contributed by atoms with van der Waals surface area (Å²) in [6.45, 7) is 7.13. The monoisotopic (exact) mass is 213 g/mol. The zero-order valence-corrected chi connectivity index (χ0v) is 10.5. The van der Waals surface area contributed by atoms with E-state index in [-0.39, 0.29) is 0 Å². The first kappa shape index (κ1) is 13.0. The van der Waals surface area contributed by atoms with Crippen molar-refractivity contribution in [1.82, 2.24) is 5.32 Å². The van der Waals surface area contributed by atoms with E-state index < -0.39 is 0 Å². The van der Waals surface area contributed by atoms with Crippen LogP contribution in [0.25, 0.3) is 0 Å². The standard InChI is InChI=1S/C13H27NO/c1-10(2)12(8-9-15)14-13-7-5-4-6-11(13)3/h10-15H,4-9H2,1-3H3. The normalized spacial score (nSPS) is 29.4. The molecule has 90 valence electrons. The molecule has 0 heterocycles. The Morgan fingerprint density at radius 1 is 1.27 bits per heavy atom. The maximum atomic E-state index is 9.04. The van der Waals surface area contributed by atoms with Gasteiger partial charge in [-0.25, -0.2) is 0 Å². The second kappa shape index (κ2) is 6.49. The molecule has 2 N–H and O–H groups in total. The Morgan fingerprint density at radius 2 is 1.93 bits per heavy atom. The van der Waals surface area contributed by atoms with Crippen LogP contribution in [0.1, 0.15) is 52.9 Å². The molecule has 0 bridgehead atoms. The third kappa shape index (κ3) is 4.12. The lowest BCUT2D eigenvalue weighted by atomic mass is 9.84. The summed E-state index contributed by atoms with van der Waals surface area (Å²) in [6, 6.07) is 1.17. The summed E-state index contributed by atoms with van der Waals surface area (Å²) in [5, 5.41) is 12.8. The van der Waals surface area contributed by atoms with E-state index in [1.54, 1.807) is 0 Å². The van der Waals surface area contributed by atoms with Crippen LogP contribution in [0.2, 0.25) is 0 Å². The maximum absolute atomic E-state index is 9.04. The van der Waals surface area contributed by atoms with Gasteiger partial charge >= 0.3 is 0 Å². The lowest BCUT2D eigenvalue weighted by Crippen LogP contribution is -2.46. The molecule has 0 saturated heterocycles. The van der Waals surface area contributed by atoms with Crippen LogP contribution in [-0.2, 0) is 0 Å². The Kier molecular flexibility index (Phi) is 5.62. The van der Waals surface area contributed by atoms with Gasteiger partial charge in [-0.3, -0.25) is 0 Å². The van der Waals surface area contributed by atoms with E-state index in [0.29, 0.717) is 24.6 Å². The third-order valence-electron chi connectivity index (χ3n) is 3.78. The first-order valence-electron chi connectivity index (χ1n) is 6.52. The SMILES string of the molecule is CC(C)C(CCO)NC1CCCCC1C. The van der Waals surface area contributed by atoms with Crippen molar-refractivity contribution < 1.29 is 5.11 Å². The molecule has 1 rings (SSSR count). The van der Waals surface area contributed by atoms with E-state index in [4.69, 9.17) is 5.11 Å². The summed E-state index contributed by atoms with van der Waals surface area (Å²) in [5.41, 5.74) is 0. The second-order valence-corrected chi connectivity index (χ2v) is 5.40. The molecule has 0 aliphatic heterocycles. The van der Waals surface area contributed by atoms with Crippen LogP contribution in [0.4, 0.5) is 0 Å². The molecule has 1 saturated carbocycles. The smallest absolute Gasteiger partial charge is 0.0445 e. The Morgan fingerprint density at radius 3 is 2.47 bits per heavy atom. The van der Waals surface area contributed by atoms with Crippen LogP contribution in [0, 0.1) is 11.8 Å². The van der Waals surface area contributed by atoms with Crippen molar-refractivity contribution in [2.75, 3.05) is 6.61 Å². The highest BCUT2D eigenvalue weighted by Crippen LogP contribution is 2.25. The van der Waals surface area contributed by atoms with Crippen molar-refractivity contribution in [1.29, 1.82) is 0 Å². The summed E-state index contributed by atoms with van der Waals surface area (Å²) in [4.78, 5) is 0. The highest BCUT2D eigenvalue weighted by atomic mass is 16.3. The molecule has 0 radical (unpaired) electrons. The van der Waals surface area contributed by atoms with E-state index >= 15 is 0 Å². The molecule has 2 heteroatoms. The van der Waals surface area contributed by atoms with Gasteiger partial charge in [0.25, 0.3) is 0 Å². The molecule has 0 aromatic carbocycles. The predicted molar refractivity (Wildman–Crippen MR) is 64.9 cm³/mol. The summed E-state index contributed by atoms with van der Waals surface area (Å²) in [7, 11) is 0. The zero-order valence-electron chi connectivity index (χ0n) is 10.5. The van der Waals surface area contributed by atoms with Crippen molar-refractivity contribution >= 4 is 0 Å². The molecule has 1 fully saturated rings. The number of aliphatic hydroxyl groups is 1. The van der Waals surface area contributed by atoms with Gasteiger partial charge in [0.1, 0.15) is 0 Å². The molecule has 2 nitrogen and oxygen atoms in total.